The predicted molar refractivity (Wildman–Crippen MR) is 35.7 cm³/mol. The summed E-state index contributed by atoms with van der Waals surface area (Å²) in [6, 6.07) is 0. The molecule has 0 radical (unpaired) electrons. The largest absolute Gasteiger partial charge is 0.402 e. The standard InChI is InChI=1S/C7H11NO/c1-5(9)4-7(8)6-2-3-6/h4,6H,2-3,8H2,1H3/b7-4-. The fourth-order valence-corrected chi connectivity index (χ4v) is 0.769. The Bertz CT molecular complexity index is 156. The normalized spacial score (nSPS) is 19.9. The fraction of sp³-hybridized carbons (Fsp3) is 0.571. The summed E-state index contributed by atoms with van der Waals surface area (Å²) in [5, 5.41) is 0. The number of ketones is 1. The zero-order valence-corrected chi connectivity index (χ0v) is 5.55. The molecule has 1 fully saturated rings. The van der Waals surface area contributed by atoms with E-state index in [0.717, 1.165) is 18.5 Å². The summed E-state index contributed by atoms with van der Waals surface area (Å²) in [5.74, 6) is 0.577. The average molecular weight is 125 g/mol. The van der Waals surface area contributed by atoms with Crippen molar-refractivity contribution in [1.29, 1.82) is 0 Å². The van der Waals surface area contributed by atoms with Crippen molar-refractivity contribution in [3.63, 3.8) is 0 Å². The summed E-state index contributed by atoms with van der Waals surface area (Å²) >= 11 is 0. The highest BCUT2D eigenvalue weighted by Gasteiger charge is 2.23. The number of carbonyl (C=O) groups excluding carboxylic acids is 1. The molecule has 9 heavy (non-hydrogen) atoms. The van der Waals surface area contributed by atoms with E-state index >= 15 is 0 Å². The van der Waals surface area contributed by atoms with Crippen LogP contribution in [0.15, 0.2) is 11.8 Å². The topological polar surface area (TPSA) is 43.1 Å². The molecule has 0 aromatic carbocycles. The zero-order valence-electron chi connectivity index (χ0n) is 5.55. The van der Waals surface area contributed by atoms with E-state index in [0.29, 0.717) is 5.92 Å². The van der Waals surface area contributed by atoms with Gasteiger partial charge in [0.2, 0.25) is 0 Å². The van der Waals surface area contributed by atoms with E-state index in [1.54, 1.807) is 0 Å². The van der Waals surface area contributed by atoms with Crippen LogP contribution in [0.2, 0.25) is 0 Å². The summed E-state index contributed by atoms with van der Waals surface area (Å²) in [5.41, 5.74) is 6.29. The van der Waals surface area contributed by atoms with Gasteiger partial charge in [-0.2, -0.15) is 0 Å². The van der Waals surface area contributed by atoms with Gasteiger partial charge < -0.3 is 5.73 Å². The van der Waals surface area contributed by atoms with Crippen molar-refractivity contribution in [3.8, 4) is 0 Å². The molecule has 1 saturated carbocycles. The second kappa shape index (κ2) is 2.21. The smallest absolute Gasteiger partial charge is 0.154 e. The number of nitrogens with two attached hydrogens (primary N) is 1. The van der Waals surface area contributed by atoms with Gasteiger partial charge in [0.25, 0.3) is 0 Å². The van der Waals surface area contributed by atoms with Crippen molar-refractivity contribution >= 4 is 5.78 Å². The number of rotatable bonds is 2. The molecule has 0 heterocycles. The molecule has 1 rings (SSSR count). The lowest BCUT2D eigenvalue weighted by atomic mass is 10.2. The molecule has 2 nitrogen and oxygen atoms in total. The van der Waals surface area contributed by atoms with Gasteiger partial charge in [0.1, 0.15) is 0 Å². The third kappa shape index (κ3) is 1.88. The third-order valence-electron chi connectivity index (χ3n) is 1.42. The van der Waals surface area contributed by atoms with Crippen LogP contribution in [0.3, 0.4) is 0 Å². The fourth-order valence-electron chi connectivity index (χ4n) is 0.769. The van der Waals surface area contributed by atoms with Gasteiger partial charge in [-0.1, -0.05) is 0 Å². The summed E-state index contributed by atoms with van der Waals surface area (Å²) in [6.45, 7) is 1.52. The molecule has 0 aromatic heterocycles. The van der Waals surface area contributed by atoms with E-state index < -0.39 is 0 Å². The van der Waals surface area contributed by atoms with Crippen molar-refractivity contribution in [2.75, 3.05) is 0 Å². The maximum atomic E-state index is 10.4. The number of carbonyl (C=O) groups is 1. The summed E-state index contributed by atoms with van der Waals surface area (Å²) < 4.78 is 0. The quantitative estimate of drug-likeness (QED) is 0.555. The monoisotopic (exact) mass is 125 g/mol. The first kappa shape index (κ1) is 6.33. The van der Waals surface area contributed by atoms with Gasteiger partial charge in [-0.25, -0.2) is 0 Å². The van der Waals surface area contributed by atoms with E-state index in [1.807, 2.05) is 0 Å². The second-order valence-corrected chi connectivity index (χ2v) is 2.53. The number of hydrogen-bond donors (Lipinski definition) is 1. The number of allylic oxidation sites excluding steroid dienone is 2. The maximum Gasteiger partial charge on any atom is 0.154 e. The molecule has 0 aromatic rings. The van der Waals surface area contributed by atoms with Crippen molar-refractivity contribution in [3.05, 3.63) is 11.8 Å². The summed E-state index contributed by atoms with van der Waals surface area (Å²) in [4.78, 5) is 10.4. The first-order valence-electron chi connectivity index (χ1n) is 3.18. The highest BCUT2D eigenvalue weighted by Crippen LogP contribution is 2.33. The Morgan fingerprint density at radius 3 is 2.56 bits per heavy atom. The van der Waals surface area contributed by atoms with Gasteiger partial charge in [0.05, 0.1) is 0 Å². The lowest BCUT2D eigenvalue weighted by Gasteiger charge is -1.92. The van der Waals surface area contributed by atoms with Crippen molar-refractivity contribution in [2.45, 2.75) is 19.8 Å². The highest BCUT2D eigenvalue weighted by atomic mass is 16.1. The van der Waals surface area contributed by atoms with Crippen LogP contribution in [0.4, 0.5) is 0 Å². The van der Waals surface area contributed by atoms with E-state index in [9.17, 15) is 4.79 Å². The molecule has 2 N–H and O–H groups in total. The third-order valence-corrected chi connectivity index (χ3v) is 1.42. The SMILES string of the molecule is CC(=O)/C=C(\N)C1CC1. The van der Waals surface area contributed by atoms with Gasteiger partial charge in [-0.05, 0) is 31.8 Å². The lowest BCUT2D eigenvalue weighted by molar-refractivity contribution is -0.112. The van der Waals surface area contributed by atoms with Crippen LogP contribution in [0.5, 0.6) is 0 Å². The molecular weight excluding hydrogens is 114 g/mol. The molecule has 0 aliphatic heterocycles. The van der Waals surface area contributed by atoms with Gasteiger partial charge in [0, 0.05) is 5.70 Å². The van der Waals surface area contributed by atoms with Crippen LogP contribution in [0, 0.1) is 5.92 Å². The Kier molecular flexibility index (Phi) is 1.56. The Morgan fingerprint density at radius 1 is 1.67 bits per heavy atom. The van der Waals surface area contributed by atoms with E-state index in [2.05, 4.69) is 0 Å². The van der Waals surface area contributed by atoms with Gasteiger partial charge in [0.15, 0.2) is 5.78 Å². The van der Waals surface area contributed by atoms with Crippen LogP contribution >= 0.6 is 0 Å². The van der Waals surface area contributed by atoms with E-state index in [1.165, 1.54) is 13.0 Å². The minimum absolute atomic E-state index is 0.0550. The lowest BCUT2D eigenvalue weighted by Crippen LogP contribution is -2.01. The van der Waals surface area contributed by atoms with Crippen molar-refractivity contribution in [1.82, 2.24) is 0 Å². The van der Waals surface area contributed by atoms with E-state index in [-0.39, 0.29) is 5.78 Å². The molecule has 2 heteroatoms. The Balaban J connectivity index is 2.47. The molecule has 0 atom stereocenters. The molecule has 0 saturated heterocycles. The van der Waals surface area contributed by atoms with Crippen LogP contribution in [-0.4, -0.2) is 5.78 Å². The summed E-state index contributed by atoms with van der Waals surface area (Å²) in [7, 11) is 0. The average Bonchev–Trinajstić information content (AvgIpc) is 2.40. The van der Waals surface area contributed by atoms with Gasteiger partial charge >= 0.3 is 0 Å². The van der Waals surface area contributed by atoms with Crippen molar-refractivity contribution in [2.24, 2.45) is 11.7 Å². The van der Waals surface area contributed by atoms with Crippen LogP contribution in [0.1, 0.15) is 19.8 Å². The summed E-state index contributed by atoms with van der Waals surface area (Å²) in [6.07, 6.45) is 3.85. The first-order valence-corrected chi connectivity index (χ1v) is 3.18. The van der Waals surface area contributed by atoms with Gasteiger partial charge in [-0.3, -0.25) is 4.79 Å². The van der Waals surface area contributed by atoms with E-state index in [4.69, 9.17) is 5.73 Å². The molecular formula is C7H11NO. The van der Waals surface area contributed by atoms with Crippen LogP contribution < -0.4 is 5.73 Å². The Morgan fingerprint density at radius 2 is 2.22 bits per heavy atom. The minimum Gasteiger partial charge on any atom is -0.402 e. The minimum atomic E-state index is 0.0550. The number of hydrogen-bond acceptors (Lipinski definition) is 2. The molecule has 0 amide bonds. The molecule has 0 spiro atoms. The Hall–Kier alpha value is -0.790. The molecule has 1 aliphatic carbocycles. The van der Waals surface area contributed by atoms with Gasteiger partial charge in [-0.15, -0.1) is 0 Å². The molecule has 50 valence electrons. The van der Waals surface area contributed by atoms with Crippen molar-refractivity contribution < 1.29 is 4.79 Å². The molecule has 0 bridgehead atoms. The predicted octanol–water partition coefficient (Wildman–Crippen LogP) is 0.828. The first-order chi connectivity index (χ1) is 4.20. The molecule has 0 unspecified atom stereocenters. The molecule has 1 aliphatic rings. The maximum absolute atomic E-state index is 10.4. The van der Waals surface area contributed by atoms with Crippen LogP contribution in [-0.2, 0) is 4.79 Å². The highest BCUT2D eigenvalue weighted by molar-refractivity contribution is 5.87. The Labute approximate surface area is 54.7 Å². The van der Waals surface area contributed by atoms with Crippen LogP contribution in [0.25, 0.3) is 0 Å². The second-order valence-electron chi connectivity index (χ2n) is 2.53. The zero-order chi connectivity index (χ0) is 6.85.